The van der Waals surface area contributed by atoms with E-state index in [-0.39, 0.29) is 5.78 Å². The zero-order valence-electron chi connectivity index (χ0n) is 8.50. The molecule has 0 amide bonds. The van der Waals surface area contributed by atoms with E-state index in [1.54, 1.807) is 18.2 Å². The minimum Gasteiger partial charge on any atom is -0.367 e. The minimum absolute atomic E-state index is 0.125. The molecule has 0 aliphatic carbocycles. The highest BCUT2D eigenvalue weighted by Crippen LogP contribution is 2.26. The number of Topliss-reactive ketones (excluding diaryl/α,β-unsaturated/α-hetero) is 1. The van der Waals surface area contributed by atoms with Crippen LogP contribution >= 0.6 is 23.2 Å². The number of nitrogens with one attached hydrogen (secondary N) is 1. The van der Waals surface area contributed by atoms with Gasteiger partial charge in [-0.3, -0.25) is 4.79 Å². The van der Waals surface area contributed by atoms with Crippen molar-refractivity contribution in [2.75, 3.05) is 19.7 Å². The zero-order valence-corrected chi connectivity index (χ0v) is 10.0. The van der Waals surface area contributed by atoms with Crippen molar-refractivity contribution in [1.82, 2.24) is 5.32 Å². The first-order chi connectivity index (χ1) is 7.70. The van der Waals surface area contributed by atoms with Crippen LogP contribution < -0.4 is 5.32 Å². The summed E-state index contributed by atoms with van der Waals surface area (Å²) in [6, 6.07) is 5.02. The molecule has 1 fully saturated rings. The van der Waals surface area contributed by atoms with Gasteiger partial charge in [-0.15, -0.1) is 0 Å². The normalized spacial score (nSPS) is 20.8. The second-order valence-corrected chi connectivity index (χ2v) is 4.31. The number of carbonyl (C=O) groups is 1. The van der Waals surface area contributed by atoms with E-state index >= 15 is 0 Å². The van der Waals surface area contributed by atoms with Gasteiger partial charge in [0.25, 0.3) is 0 Å². The third kappa shape index (κ3) is 2.38. The molecule has 1 heterocycles. The van der Waals surface area contributed by atoms with Crippen LogP contribution in [0.1, 0.15) is 10.4 Å². The van der Waals surface area contributed by atoms with E-state index in [0.717, 1.165) is 6.54 Å². The number of morpholine rings is 1. The molecule has 1 aromatic rings. The van der Waals surface area contributed by atoms with Crippen LogP contribution in [0.15, 0.2) is 18.2 Å². The van der Waals surface area contributed by atoms with Crippen molar-refractivity contribution in [1.29, 1.82) is 0 Å². The Balaban J connectivity index is 2.22. The summed E-state index contributed by atoms with van der Waals surface area (Å²) in [4.78, 5) is 12.1. The molecule has 0 radical (unpaired) electrons. The fraction of sp³-hybridized carbons (Fsp3) is 0.364. The molecule has 86 valence electrons. The van der Waals surface area contributed by atoms with Crippen LogP contribution in [-0.2, 0) is 4.74 Å². The molecule has 1 atom stereocenters. The van der Waals surface area contributed by atoms with Crippen molar-refractivity contribution in [2.24, 2.45) is 0 Å². The second kappa shape index (κ2) is 5.15. The van der Waals surface area contributed by atoms with Gasteiger partial charge in [-0.2, -0.15) is 0 Å². The summed E-state index contributed by atoms with van der Waals surface area (Å²) in [5.74, 6) is -0.125. The van der Waals surface area contributed by atoms with Gasteiger partial charge in [0.1, 0.15) is 6.10 Å². The number of ketones is 1. The van der Waals surface area contributed by atoms with Gasteiger partial charge in [0, 0.05) is 18.7 Å². The van der Waals surface area contributed by atoms with Crippen LogP contribution in [0.3, 0.4) is 0 Å². The van der Waals surface area contributed by atoms with Gasteiger partial charge < -0.3 is 10.1 Å². The number of hydrogen-bond donors (Lipinski definition) is 1. The van der Waals surface area contributed by atoms with Gasteiger partial charge >= 0.3 is 0 Å². The summed E-state index contributed by atoms with van der Waals surface area (Å²) >= 11 is 11.8. The topological polar surface area (TPSA) is 38.3 Å². The lowest BCUT2D eigenvalue weighted by molar-refractivity contribution is 0.0269. The largest absolute Gasteiger partial charge is 0.367 e. The Morgan fingerprint density at radius 2 is 2.25 bits per heavy atom. The number of halogens is 2. The maximum Gasteiger partial charge on any atom is 0.194 e. The maximum atomic E-state index is 12.1. The number of carbonyl (C=O) groups excluding carboxylic acids is 1. The number of benzene rings is 1. The summed E-state index contributed by atoms with van der Waals surface area (Å²) in [7, 11) is 0. The molecule has 2 rings (SSSR count). The third-order valence-corrected chi connectivity index (χ3v) is 3.26. The fourth-order valence-electron chi connectivity index (χ4n) is 1.60. The van der Waals surface area contributed by atoms with Gasteiger partial charge in [0.2, 0.25) is 0 Å². The summed E-state index contributed by atoms with van der Waals surface area (Å²) < 4.78 is 5.38. The first-order valence-corrected chi connectivity index (χ1v) is 5.76. The zero-order chi connectivity index (χ0) is 11.5. The number of rotatable bonds is 2. The van der Waals surface area contributed by atoms with Crippen LogP contribution in [0.5, 0.6) is 0 Å². The van der Waals surface area contributed by atoms with Crippen LogP contribution in [0.2, 0.25) is 10.0 Å². The van der Waals surface area contributed by atoms with Crippen LogP contribution in [0.4, 0.5) is 0 Å². The molecule has 1 aromatic carbocycles. The molecule has 1 aliphatic heterocycles. The number of ether oxygens (including phenoxy) is 1. The summed E-state index contributed by atoms with van der Waals surface area (Å²) in [6.45, 7) is 1.82. The molecule has 3 nitrogen and oxygen atoms in total. The first-order valence-electron chi connectivity index (χ1n) is 5.00. The average molecular weight is 260 g/mol. The lowest BCUT2D eigenvalue weighted by Gasteiger charge is -2.22. The quantitative estimate of drug-likeness (QED) is 0.828. The first kappa shape index (κ1) is 11.9. The van der Waals surface area contributed by atoms with Gasteiger partial charge in [0.05, 0.1) is 16.7 Å². The molecular weight excluding hydrogens is 249 g/mol. The van der Waals surface area contributed by atoms with E-state index in [1.165, 1.54) is 0 Å². The van der Waals surface area contributed by atoms with Crippen LogP contribution in [0, 0.1) is 0 Å². The second-order valence-electron chi connectivity index (χ2n) is 3.53. The predicted octanol–water partition coefficient (Wildman–Crippen LogP) is 2.16. The smallest absolute Gasteiger partial charge is 0.194 e. The summed E-state index contributed by atoms with van der Waals surface area (Å²) in [6.07, 6.45) is -0.468. The third-order valence-electron chi connectivity index (χ3n) is 2.44. The standard InChI is InChI=1S/C11H11Cl2NO2/c12-8-3-1-2-7(10(8)13)11(15)9-6-14-4-5-16-9/h1-3,9,14H,4-6H2. The van der Waals surface area contributed by atoms with Gasteiger partial charge in [-0.25, -0.2) is 0 Å². The fourth-order valence-corrected chi connectivity index (χ4v) is 2.00. The number of hydrogen-bond acceptors (Lipinski definition) is 3. The highest BCUT2D eigenvalue weighted by Gasteiger charge is 2.25. The Kier molecular flexibility index (Phi) is 3.82. The van der Waals surface area contributed by atoms with E-state index in [0.29, 0.717) is 28.8 Å². The van der Waals surface area contributed by atoms with Gasteiger partial charge in [-0.05, 0) is 12.1 Å². The SMILES string of the molecule is O=C(c1cccc(Cl)c1Cl)C1CNCCO1. The van der Waals surface area contributed by atoms with Crippen molar-refractivity contribution < 1.29 is 9.53 Å². The highest BCUT2D eigenvalue weighted by atomic mass is 35.5. The summed E-state index contributed by atoms with van der Waals surface area (Å²) in [5.41, 5.74) is 0.419. The lowest BCUT2D eigenvalue weighted by Crippen LogP contribution is -2.43. The van der Waals surface area contributed by atoms with E-state index in [4.69, 9.17) is 27.9 Å². The monoisotopic (exact) mass is 259 g/mol. The van der Waals surface area contributed by atoms with E-state index in [2.05, 4.69) is 5.32 Å². The maximum absolute atomic E-state index is 12.1. The van der Waals surface area contributed by atoms with E-state index < -0.39 is 6.10 Å². The molecule has 0 aromatic heterocycles. The summed E-state index contributed by atoms with van der Waals surface area (Å²) in [5, 5.41) is 3.78. The lowest BCUT2D eigenvalue weighted by atomic mass is 10.1. The van der Waals surface area contributed by atoms with Crippen LogP contribution in [-0.4, -0.2) is 31.6 Å². The van der Waals surface area contributed by atoms with E-state index in [1.807, 2.05) is 0 Å². The molecule has 0 spiro atoms. The van der Waals surface area contributed by atoms with Crippen LogP contribution in [0.25, 0.3) is 0 Å². The molecule has 1 aliphatic rings. The van der Waals surface area contributed by atoms with Crippen molar-refractivity contribution in [3.8, 4) is 0 Å². The predicted molar refractivity (Wildman–Crippen MR) is 63.4 cm³/mol. The Morgan fingerprint density at radius 3 is 2.94 bits per heavy atom. The van der Waals surface area contributed by atoms with Crippen molar-refractivity contribution >= 4 is 29.0 Å². The highest BCUT2D eigenvalue weighted by molar-refractivity contribution is 6.44. The Labute approximate surface area is 104 Å². The van der Waals surface area contributed by atoms with Crippen molar-refractivity contribution in [3.05, 3.63) is 33.8 Å². The van der Waals surface area contributed by atoms with Gasteiger partial charge in [-0.1, -0.05) is 29.3 Å². The Morgan fingerprint density at radius 1 is 1.44 bits per heavy atom. The average Bonchev–Trinajstić information content (AvgIpc) is 2.33. The Hall–Kier alpha value is -0.610. The van der Waals surface area contributed by atoms with E-state index in [9.17, 15) is 4.79 Å². The van der Waals surface area contributed by atoms with Crippen molar-refractivity contribution in [2.45, 2.75) is 6.10 Å². The minimum atomic E-state index is -0.468. The molecule has 5 heteroatoms. The molecule has 1 unspecified atom stereocenters. The Bertz CT molecular complexity index is 403. The molecule has 0 bridgehead atoms. The molecule has 1 N–H and O–H groups in total. The molecule has 0 saturated carbocycles. The molecule has 1 saturated heterocycles. The van der Waals surface area contributed by atoms with Gasteiger partial charge in [0.15, 0.2) is 5.78 Å². The molecule has 16 heavy (non-hydrogen) atoms. The molecular formula is C11H11Cl2NO2. The van der Waals surface area contributed by atoms with Crippen molar-refractivity contribution in [3.63, 3.8) is 0 Å².